The number of anilines is 1. The van der Waals surface area contributed by atoms with Crippen LogP contribution in [0.3, 0.4) is 0 Å². The highest BCUT2D eigenvalue weighted by atomic mass is 35.5. The van der Waals surface area contributed by atoms with Gasteiger partial charge in [-0.2, -0.15) is 0 Å². The van der Waals surface area contributed by atoms with Gasteiger partial charge in [-0.1, -0.05) is 32.6 Å². The fourth-order valence-electron chi connectivity index (χ4n) is 2.64. The Kier molecular flexibility index (Phi) is 6.92. The van der Waals surface area contributed by atoms with E-state index < -0.39 is 6.10 Å². The molecule has 21 heavy (non-hydrogen) atoms. The quantitative estimate of drug-likeness (QED) is 0.769. The lowest BCUT2D eigenvalue weighted by Crippen LogP contribution is -2.21. The number of nitrogens with zero attached hydrogens (tertiary/aromatic N) is 3. The summed E-state index contributed by atoms with van der Waals surface area (Å²) >= 11 is 0. The van der Waals surface area contributed by atoms with Gasteiger partial charge in [0.05, 0.1) is 24.0 Å². The number of aliphatic hydroxyl groups excluding tert-OH is 1. The largest absolute Gasteiger partial charge is 0.391 e. The molecule has 0 saturated carbocycles. The number of hydrogen-bond donors (Lipinski definition) is 2. The number of nitrogens with two attached hydrogens (primary N) is 1. The summed E-state index contributed by atoms with van der Waals surface area (Å²) in [6.45, 7) is 4.03. The van der Waals surface area contributed by atoms with Crippen molar-refractivity contribution in [2.75, 3.05) is 5.73 Å². The Labute approximate surface area is 132 Å². The van der Waals surface area contributed by atoms with Crippen LogP contribution in [0.5, 0.6) is 0 Å². The lowest BCUT2D eigenvalue weighted by Gasteiger charge is -2.22. The standard InChI is InChI=1S/C15H24N4O.ClH/c1-3-4-5-6-7-12(11(2)20)19-10-18-14-13(19)8-9-17-15(14)16;/h8-12,20H,3-7H2,1-2H3,(H2,16,17);1H. The van der Waals surface area contributed by atoms with Gasteiger partial charge in [0.25, 0.3) is 0 Å². The van der Waals surface area contributed by atoms with Crippen molar-refractivity contribution < 1.29 is 5.11 Å². The first kappa shape index (κ1) is 17.7. The van der Waals surface area contributed by atoms with Crippen molar-refractivity contribution in [1.29, 1.82) is 0 Å². The van der Waals surface area contributed by atoms with Gasteiger partial charge in [0, 0.05) is 6.20 Å². The summed E-state index contributed by atoms with van der Waals surface area (Å²) in [6.07, 6.45) is 8.77. The highest BCUT2D eigenvalue weighted by molar-refractivity contribution is 5.85. The smallest absolute Gasteiger partial charge is 0.151 e. The van der Waals surface area contributed by atoms with Crippen molar-refractivity contribution in [2.24, 2.45) is 0 Å². The summed E-state index contributed by atoms with van der Waals surface area (Å²) in [6, 6.07) is 1.94. The minimum Gasteiger partial charge on any atom is -0.391 e. The zero-order valence-electron chi connectivity index (χ0n) is 12.7. The van der Waals surface area contributed by atoms with Gasteiger partial charge >= 0.3 is 0 Å². The zero-order valence-corrected chi connectivity index (χ0v) is 13.5. The van der Waals surface area contributed by atoms with E-state index in [0.717, 1.165) is 18.4 Å². The topological polar surface area (TPSA) is 77.0 Å². The Morgan fingerprint density at radius 3 is 2.71 bits per heavy atom. The van der Waals surface area contributed by atoms with Crippen molar-refractivity contribution >= 4 is 29.3 Å². The third-order valence-electron chi connectivity index (χ3n) is 3.79. The van der Waals surface area contributed by atoms with Crippen LogP contribution >= 0.6 is 12.4 Å². The Morgan fingerprint density at radius 1 is 1.29 bits per heavy atom. The van der Waals surface area contributed by atoms with Gasteiger partial charge in [0.2, 0.25) is 0 Å². The number of pyridine rings is 1. The molecule has 2 heterocycles. The first-order valence-electron chi connectivity index (χ1n) is 7.40. The number of nitrogen functional groups attached to an aromatic ring is 1. The normalized spacial score (nSPS) is 13.9. The van der Waals surface area contributed by atoms with Gasteiger partial charge < -0.3 is 15.4 Å². The second-order valence-corrected chi connectivity index (χ2v) is 5.37. The van der Waals surface area contributed by atoms with Crippen LogP contribution in [-0.4, -0.2) is 25.7 Å². The summed E-state index contributed by atoms with van der Waals surface area (Å²) < 4.78 is 2.03. The molecule has 0 aliphatic rings. The van der Waals surface area contributed by atoms with Gasteiger partial charge in [-0.15, -0.1) is 12.4 Å². The molecule has 0 bridgehead atoms. The third kappa shape index (κ3) is 4.08. The van der Waals surface area contributed by atoms with E-state index in [1.807, 2.05) is 17.6 Å². The Hall–Kier alpha value is -1.33. The summed E-state index contributed by atoms with van der Waals surface area (Å²) in [5, 5.41) is 10.1. The summed E-state index contributed by atoms with van der Waals surface area (Å²) in [4.78, 5) is 8.38. The number of imidazole rings is 1. The summed E-state index contributed by atoms with van der Waals surface area (Å²) in [5.74, 6) is 0.441. The second-order valence-electron chi connectivity index (χ2n) is 5.37. The van der Waals surface area contributed by atoms with Crippen molar-refractivity contribution in [3.05, 3.63) is 18.6 Å². The van der Waals surface area contributed by atoms with Gasteiger partial charge in [-0.25, -0.2) is 9.97 Å². The maximum atomic E-state index is 10.1. The minimum atomic E-state index is -0.414. The summed E-state index contributed by atoms with van der Waals surface area (Å²) in [5.41, 5.74) is 7.49. The van der Waals surface area contributed by atoms with E-state index in [1.54, 1.807) is 12.5 Å². The fourth-order valence-corrected chi connectivity index (χ4v) is 2.64. The van der Waals surface area contributed by atoms with Crippen LogP contribution in [0.4, 0.5) is 5.82 Å². The molecule has 0 aliphatic carbocycles. The van der Waals surface area contributed by atoms with E-state index in [1.165, 1.54) is 19.3 Å². The van der Waals surface area contributed by atoms with Crippen molar-refractivity contribution in [2.45, 2.75) is 58.1 Å². The molecule has 0 radical (unpaired) electrons. The molecule has 0 spiro atoms. The van der Waals surface area contributed by atoms with E-state index >= 15 is 0 Å². The minimum absolute atomic E-state index is 0. The Morgan fingerprint density at radius 2 is 2.05 bits per heavy atom. The van der Waals surface area contributed by atoms with E-state index in [9.17, 15) is 5.11 Å². The number of halogens is 1. The molecule has 0 saturated heterocycles. The highest BCUT2D eigenvalue weighted by Gasteiger charge is 2.19. The monoisotopic (exact) mass is 312 g/mol. The number of unbranched alkanes of at least 4 members (excludes halogenated alkanes) is 3. The molecule has 0 aliphatic heterocycles. The van der Waals surface area contributed by atoms with E-state index in [4.69, 9.17) is 5.73 Å². The molecule has 0 aromatic carbocycles. The highest BCUT2D eigenvalue weighted by Crippen LogP contribution is 2.26. The first-order chi connectivity index (χ1) is 9.65. The van der Waals surface area contributed by atoms with Gasteiger partial charge in [0.1, 0.15) is 5.52 Å². The van der Waals surface area contributed by atoms with Crippen LogP contribution in [0.2, 0.25) is 0 Å². The average Bonchev–Trinajstić information content (AvgIpc) is 2.84. The average molecular weight is 313 g/mol. The molecule has 5 nitrogen and oxygen atoms in total. The van der Waals surface area contributed by atoms with Crippen LogP contribution in [0.1, 0.15) is 52.0 Å². The Balaban J connectivity index is 0.00000220. The van der Waals surface area contributed by atoms with Crippen molar-refractivity contribution in [3.8, 4) is 0 Å². The van der Waals surface area contributed by atoms with Gasteiger partial charge in [-0.3, -0.25) is 0 Å². The lowest BCUT2D eigenvalue weighted by molar-refractivity contribution is 0.125. The molecule has 2 atom stereocenters. The predicted octanol–water partition coefficient (Wildman–Crippen LogP) is 3.33. The molecule has 0 fully saturated rings. The van der Waals surface area contributed by atoms with E-state index in [0.29, 0.717) is 11.3 Å². The molecule has 2 unspecified atom stereocenters. The number of aliphatic hydroxyl groups is 1. The van der Waals surface area contributed by atoms with Crippen molar-refractivity contribution in [3.63, 3.8) is 0 Å². The summed E-state index contributed by atoms with van der Waals surface area (Å²) in [7, 11) is 0. The van der Waals surface area contributed by atoms with Crippen LogP contribution in [0, 0.1) is 0 Å². The van der Waals surface area contributed by atoms with Crippen LogP contribution in [0.25, 0.3) is 11.0 Å². The van der Waals surface area contributed by atoms with Gasteiger partial charge in [0.15, 0.2) is 5.82 Å². The van der Waals surface area contributed by atoms with Gasteiger partial charge in [-0.05, 0) is 19.4 Å². The van der Waals surface area contributed by atoms with E-state index in [2.05, 4.69) is 16.9 Å². The van der Waals surface area contributed by atoms with Crippen LogP contribution < -0.4 is 5.73 Å². The maximum Gasteiger partial charge on any atom is 0.151 e. The second kappa shape index (κ2) is 8.20. The molecule has 6 heteroatoms. The fraction of sp³-hybridized carbons (Fsp3) is 0.600. The maximum absolute atomic E-state index is 10.1. The number of hydrogen-bond acceptors (Lipinski definition) is 4. The lowest BCUT2D eigenvalue weighted by atomic mass is 10.0. The molecule has 0 amide bonds. The van der Waals surface area contributed by atoms with Crippen LogP contribution in [0.15, 0.2) is 18.6 Å². The molecule has 2 rings (SSSR count). The number of fused-ring (bicyclic) bond motifs is 1. The first-order valence-corrected chi connectivity index (χ1v) is 7.40. The third-order valence-corrected chi connectivity index (χ3v) is 3.79. The number of rotatable bonds is 7. The molecule has 2 aromatic heterocycles. The van der Waals surface area contributed by atoms with Crippen LogP contribution in [-0.2, 0) is 0 Å². The van der Waals surface area contributed by atoms with Crippen molar-refractivity contribution in [1.82, 2.24) is 14.5 Å². The molecular formula is C15H25ClN4O. The predicted molar refractivity (Wildman–Crippen MR) is 88.7 cm³/mol. The molecule has 118 valence electrons. The Bertz CT molecular complexity index is 556. The molecular weight excluding hydrogens is 288 g/mol. The zero-order chi connectivity index (χ0) is 14.5. The van der Waals surface area contributed by atoms with E-state index in [-0.39, 0.29) is 18.4 Å². The molecule has 3 N–H and O–H groups in total. The molecule has 2 aromatic rings. The number of aromatic nitrogens is 3. The SMILES string of the molecule is CCCCCCC(C(C)O)n1cnc2c(N)nccc21.Cl.